The molecule has 6 heavy (non-hydrogen) atoms. The standard InChI is InChI=1S/C2H2N2O.BrH/c1-3-4-2-5-1;/h1-2H;1H. The van der Waals surface area contributed by atoms with Crippen LogP contribution in [-0.4, -0.2) is 5.10 Å². The summed E-state index contributed by atoms with van der Waals surface area (Å²) in [6.45, 7) is 0. The Bertz CT molecular complexity index is 68.0. The molecule has 0 aliphatic heterocycles. The van der Waals surface area contributed by atoms with Crippen molar-refractivity contribution in [1.82, 2.24) is 5.10 Å². The van der Waals surface area contributed by atoms with Gasteiger partial charge in [-0.2, -0.15) is 0 Å². The van der Waals surface area contributed by atoms with Gasteiger partial charge in [0.05, 0.1) is 0 Å². The third-order valence-electron chi connectivity index (χ3n) is 0.309. The Labute approximate surface area is 45.1 Å². The highest BCUT2D eigenvalue weighted by molar-refractivity contribution is 4.15. The molecule has 1 rings (SSSR count). The molecule has 0 aliphatic rings. The number of hydrogen-bond acceptors (Lipinski definition) is 2. The summed E-state index contributed by atoms with van der Waals surface area (Å²) in [6, 6.07) is 0. The van der Waals surface area contributed by atoms with E-state index in [9.17, 15) is 0 Å². The molecule has 1 heterocycles. The van der Waals surface area contributed by atoms with E-state index in [0.29, 0.717) is 0 Å². The summed E-state index contributed by atoms with van der Waals surface area (Å²) in [6.07, 6.45) is 2.71. The minimum Gasteiger partial charge on any atom is -1.00 e. The Morgan fingerprint density at radius 2 is 2.50 bits per heavy atom. The van der Waals surface area contributed by atoms with Gasteiger partial charge in [-0.3, -0.25) is 0 Å². The first kappa shape index (κ1) is 5.62. The van der Waals surface area contributed by atoms with Crippen molar-refractivity contribution < 1.29 is 26.5 Å². The van der Waals surface area contributed by atoms with Crippen LogP contribution in [0, 0.1) is 0 Å². The number of aromatic amines is 1. The van der Waals surface area contributed by atoms with E-state index in [0.717, 1.165) is 0 Å². The Balaban J connectivity index is 0.000000250. The predicted molar refractivity (Wildman–Crippen MR) is 13.1 cm³/mol. The van der Waals surface area contributed by atoms with Crippen LogP contribution in [0.5, 0.6) is 0 Å². The van der Waals surface area contributed by atoms with Crippen LogP contribution in [-0.2, 0) is 0 Å². The summed E-state index contributed by atoms with van der Waals surface area (Å²) in [7, 11) is 0. The lowest BCUT2D eigenvalue weighted by atomic mass is 11.5. The summed E-state index contributed by atoms with van der Waals surface area (Å²) in [4.78, 5) is 0. The summed E-state index contributed by atoms with van der Waals surface area (Å²) in [5.41, 5.74) is 0. The first-order valence-corrected chi connectivity index (χ1v) is 1.24. The molecule has 0 radical (unpaired) electrons. The Morgan fingerprint density at radius 3 is 2.67 bits per heavy atom. The molecule has 1 aromatic rings. The molecular weight excluding hydrogens is 148 g/mol. The average Bonchev–Trinajstić information content (AvgIpc) is 1.76. The second-order valence-corrected chi connectivity index (χ2v) is 0.618. The number of rotatable bonds is 0. The lowest BCUT2D eigenvalue weighted by Gasteiger charge is -1.37. The fourth-order valence-corrected chi connectivity index (χ4v) is 0.152. The van der Waals surface area contributed by atoms with Crippen molar-refractivity contribution in [3.8, 4) is 0 Å². The zero-order valence-corrected chi connectivity index (χ0v) is 4.47. The number of aromatic nitrogens is 2. The summed E-state index contributed by atoms with van der Waals surface area (Å²) < 4.78 is 4.42. The summed E-state index contributed by atoms with van der Waals surface area (Å²) in [5.74, 6) is 0. The second kappa shape index (κ2) is 2.84. The van der Waals surface area contributed by atoms with Crippen LogP contribution in [0.3, 0.4) is 0 Å². The monoisotopic (exact) mass is 150 g/mol. The third-order valence-corrected chi connectivity index (χ3v) is 0.309. The van der Waals surface area contributed by atoms with Gasteiger partial charge in [0.15, 0.2) is 0 Å². The van der Waals surface area contributed by atoms with Crippen LogP contribution in [0.4, 0.5) is 0 Å². The van der Waals surface area contributed by atoms with Crippen molar-refractivity contribution in [2.24, 2.45) is 0 Å². The molecule has 0 saturated carbocycles. The summed E-state index contributed by atoms with van der Waals surface area (Å²) in [5, 5.41) is 5.88. The number of nitrogens with zero attached hydrogens (tertiary/aromatic N) is 1. The smallest absolute Gasteiger partial charge is 0.359 e. The van der Waals surface area contributed by atoms with E-state index in [1.807, 2.05) is 0 Å². The quantitative estimate of drug-likeness (QED) is 0.385. The number of H-pyrrole nitrogens is 1. The van der Waals surface area contributed by atoms with Crippen molar-refractivity contribution in [3.63, 3.8) is 0 Å². The maximum atomic E-state index is 4.42. The molecule has 0 aromatic carbocycles. The van der Waals surface area contributed by atoms with Gasteiger partial charge in [-0.15, -0.1) is 0 Å². The maximum Gasteiger partial charge on any atom is 0.359 e. The molecule has 0 aliphatic carbocycles. The fraction of sp³-hybridized carbons (Fsp3) is 0. The second-order valence-electron chi connectivity index (χ2n) is 0.618. The van der Waals surface area contributed by atoms with Crippen LogP contribution < -0.4 is 22.1 Å². The zero-order chi connectivity index (χ0) is 3.54. The SMILES string of the molecule is [Br-].c1n[nH+]co1. The van der Waals surface area contributed by atoms with Crippen LogP contribution in [0.25, 0.3) is 0 Å². The van der Waals surface area contributed by atoms with E-state index in [1.54, 1.807) is 0 Å². The van der Waals surface area contributed by atoms with Gasteiger partial charge in [-0.1, -0.05) is 5.10 Å². The molecule has 1 aromatic heterocycles. The molecule has 0 atom stereocenters. The highest BCUT2D eigenvalue weighted by Gasteiger charge is 1.69. The lowest BCUT2D eigenvalue weighted by molar-refractivity contribution is -0.455. The molecule has 0 amide bonds. The van der Waals surface area contributed by atoms with Gasteiger partial charge in [0.25, 0.3) is 6.39 Å². The highest BCUT2D eigenvalue weighted by atomic mass is 79.9. The van der Waals surface area contributed by atoms with Crippen LogP contribution in [0.2, 0.25) is 0 Å². The Kier molecular flexibility index (Phi) is 2.66. The predicted octanol–water partition coefficient (Wildman–Crippen LogP) is -3.51. The molecule has 0 bridgehead atoms. The van der Waals surface area contributed by atoms with Gasteiger partial charge in [-0.05, 0) is 0 Å². The number of nitrogens with one attached hydrogen (secondary N) is 1. The highest BCUT2D eigenvalue weighted by Crippen LogP contribution is 1.57. The van der Waals surface area contributed by atoms with Gasteiger partial charge in [-0.25, -0.2) is 0 Å². The zero-order valence-electron chi connectivity index (χ0n) is 2.89. The van der Waals surface area contributed by atoms with E-state index >= 15 is 0 Å². The van der Waals surface area contributed by atoms with E-state index in [2.05, 4.69) is 14.6 Å². The van der Waals surface area contributed by atoms with E-state index < -0.39 is 0 Å². The molecule has 4 heteroatoms. The van der Waals surface area contributed by atoms with Gasteiger partial charge < -0.3 is 21.4 Å². The van der Waals surface area contributed by atoms with Crippen LogP contribution >= 0.6 is 0 Å². The molecule has 3 nitrogen and oxygen atoms in total. The Hall–Kier alpha value is -0.380. The third kappa shape index (κ3) is 1.16. The molecule has 1 N–H and O–H groups in total. The van der Waals surface area contributed by atoms with E-state index in [1.165, 1.54) is 12.8 Å². The first-order chi connectivity index (χ1) is 2.50. The largest absolute Gasteiger partial charge is 1.00 e. The van der Waals surface area contributed by atoms with Crippen molar-refractivity contribution >= 4 is 0 Å². The molecule has 0 unspecified atom stereocenters. The fourth-order valence-electron chi connectivity index (χ4n) is 0.152. The normalized spacial score (nSPS) is 6.67. The van der Waals surface area contributed by atoms with Gasteiger partial charge in [0.2, 0.25) is 0 Å². The van der Waals surface area contributed by atoms with Crippen molar-refractivity contribution in [1.29, 1.82) is 0 Å². The summed E-state index contributed by atoms with van der Waals surface area (Å²) >= 11 is 0. The van der Waals surface area contributed by atoms with Crippen molar-refractivity contribution in [3.05, 3.63) is 12.8 Å². The maximum absolute atomic E-state index is 4.42. The van der Waals surface area contributed by atoms with Crippen LogP contribution in [0.1, 0.15) is 0 Å². The van der Waals surface area contributed by atoms with Crippen molar-refractivity contribution in [2.75, 3.05) is 0 Å². The number of hydrogen-bond donors (Lipinski definition) is 0. The molecule has 0 saturated heterocycles. The average molecular weight is 151 g/mol. The van der Waals surface area contributed by atoms with Gasteiger partial charge in [0, 0.05) is 5.10 Å². The lowest BCUT2D eigenvalue weighted by Crippen LogP contribution is -3.00. The van der Waals surface area contributed by atoms with E-state index in [-0.39, 0.29) is 17.0 Å². The van der Waals surface area contributed by atoms with Crippen LogP contribution in [0.15, 0.2) is 17.2 Å². The first-order valence-electron chi connectivity index (χ1n) is 1.24. The minimum absolute atomic E-state index is 0. The molecule has 0 spiro atoms. The topological polar surface area (TPSA) is 40.2 Å². The van der Waals surface area contributed by atoms with Gasteiger partial charge >= 0.3 is 6.39 Å². The van der Waals surface area contributed by atoms with E-state index in [4.69, 9.17) is 0 Å². The minimum atomic E-state index is 0. The molecule has 0 fully saturated rings. The molecule has 34 valence electrons. The number of halogens is 1. The van der Waals surface area contributed by atoms with Crippen molar-refractivity contribution in [2.45, 2.75) is 0 Å². The van der Waals surface area contributed by atoms with Gasteiger partial charge in [0.1, 0.15) is 0 Å². The Morgan fingerprint density at radius 1 is 1.67 bits per heavy atom. The molecular formula is C2H3BrN2O.